The topological polar surface area (TPSA) is 98.7 Å². The number of hydrogen-bond acceptors (Lipinski definition) is 7. The van der Waals surface area contributed by atoms with E-state index in [9.17, 15) is 4.79 Å². The van der Waals surface area contributed by atoms with E-state index in [1.807, 2.05) is 23.7 Å². The van der Waals surface area contributed by atoms with Crippen molar-refractivity contribution in [1.82, 2.24) is 24.9 Å². The van der Waals surface area contributed by atoms with Crippen molar-refractivity contribution in [2.75, 3.05) is 5.32 Å². The van der Waals surface area contributed by atoms with Crippen LogP contribution in [-0.2, 0) is 11.8 Å². The first-order chi connectivity index (χ1) is 13.1. The zero-order valence-electron chi connectivity index (χ0n) is 15.5. The normalized spacial score (nSPS) is 12.1. The predicted octanol–water partition coefficient (Wildman–Crippen LogP) is 3.46. The van der Waals surface area contributed by atoms with E-state index in [0.29, 0.717) is 22.6 Å². The molecule has 3 rings (SSSR count). The van der Waals surface area contributed by atoms with Gasteiger partial charge in [0, 0.05) is 31.1 Å². The average Bonchev–Trinajstić information content (AvgIpc) is 3.24. The second-order valence-corrected chi connectivity index (χ2v) is 7.34. The molecule has 3 heterocycles. The molecule has 0 saturated heterocycles. The number of rotatable bonds is 8. The maximum absolute atomic E-state index is 12.7. The molecule has 1 unspecified atom stereocenters. The number of thioether (sulfide) groups is 1. The van der Waals surface area contributed by atoms with Crippen molar-refractivity contribution in [3.63, 3.8) is 0 Å². The van der Waals surface area contributed by atoms with Crippen molar-refractivity contribution in [1.29, 1.82) is 0 Å². The molecule has 0 saturated carbocycles. The van der Waals surface area contributed by atoms with Gasteiger partial charge in [-0.2, -0.15) is 0 Å². The van der Waals surface area contributed by atoms with Crippen molar-refractivity contribution in [2.45, 2.75) is 43.5 Å². The molecule has 1 atom stereocenters. The summed E-state index contributed by atoms with van der Waals surface area (Å²) in [5, 5.41) is 15.6. The van der Waals surface area contributed by atoms with Gasteiger partial charge in [0.15, 0.2) is 16.8 Å². The summed E-state index contributed by atoms with van der Waals surface area (Å²) in [6.45, 7) is 3.88. The molecular weight excluding hydrogens is 364 g/mol. The molecule has 0 bridgehead atoms. The first-order valence-corrected chi connectivity index (χ1v) is 9.67. The van der Waals surface area contributed by atoms with Crippen LogP contribution in [0.15, 0.2) is 40.3 Å². The minimum atomic E-state index is -0.299. The highest BCUT2D eigenvalue weighted by Crippen LogP contribution is 2.28. The smallest absolute Gasteiger partial charge is 0.239 e. The Balaban J connectivity index is 1.76. The molecular formula is C18H22N6O2S. The van der Waals surface area contributed by atoms with E-state index in [1.165, 1.54) is 11.8 Å². The van der Waals surface area contributed by atoms with Gasteiger partial charge in [-0.15, -0.1) is 10.2 Å². The molecule has 0 fully saturated rings. The molecule has 1 N–H and O–H groups in total. The Labute approximate surface area is 161 Å². The van der Waals surface area contributed by atoms with Crippen LogP contribution < -0.4 is 5.32 Å². The minimum Gasteiger partial charge on any atom is -0.360 e. The maximum atomic E-state index is 12.7. The van der Waals surface area contributed by atoms with Crippen LogP contribution in [0.3, 0.4) is 0 Å². The van der Waals surface area contributed by atoms with Gasteiger partial charge in [0.2, 0.25) is 5.91 Å². The molecule has 0 radical (unpaired) electrons. The van der Waals surface area contributed by atoms with Gasteiger partial charge >= 0.3 is 0 Å². The SMILES string of the molecule is CCCCC(Sc1nnc(-c2cccnc2)n1C)C(=O)Nc1cc(C)on1. The van der Waals surface area contributed by atoms with Gasteiger partial charge in [-0.3, -0.25) is 9.78 Å². The lowest BCUT2D eigenvalue weighted by molar-refractivity contribution is -0.115. The largest absolute Gasteiger partial charge is 0.360 e. The number of pyridine rings is 1. The molecule has 0 spiro atoms. The number of unbranched alkanes of at least 4 members (excludes halogenated alkanes) is 1. The number of amides is 1. The Bertz CT molecular complexity index is 892. The number of aryl methyl sites for hydroxylation is 1. The number of anilines is 1. The zero-order valence-corrected chi connectivity index (χ0v) is 16.4. The van der Waals surface area contributed by atoms with E-state index in [-0.39, 0.29) is 11.2 Å². The summed E-state index contributed by atoms with van der Waals surface area (Å²) in [4.78, 5) is 16.9. The van der Waals surface area contributed by atoms with E-state index < -0.39 is 0 Å². The number of carbonyl (C=O) groups is 1. The standard InChI is InChI=1S/C18H22N6O2S/c1-4-5-8-14(17(25)20-15-10-12(2)26-23-15)27-18-22-21-16(24(18)3)13-7-6-9-19-11-13/h6-7,9-11,14H,4-5,8H2,1-3H3,(H,20,23,25). The molecule has 142 valence electrons. The fraction of sp³-hybridized carbons (Fsp3) is 0.389. The first-order valence-electron chi connectivity index (χ1n) is 8.79. The number of nitrogens with one attached hydrogen (secondary N) is 1. The van der Waals surface area contributed by atoms with Gasteiger partial charge in [-0.1, -0.05) is 36.7 Å². The minimum absolute atomic E-state index is 0.118. The fourth-order valence-corrected chi connectivity index (χ4v) is 3.59. The van der Waals surface area contributed by atoms with Gasteiger partial charge in [-0.05, 0) is 25.5 Å². The van der Waals surface area contributed by atoms with Crippen molar-refractivity contribution in [2.24, 2.45) is 7.05 Å². The predicted molar refractivity (Wildman–Crippen MR) is 103 cm³/mol. The fourth-order valence-electron chi connectivity index (χ4n) is 2.56. The number of aromatic nitrogens is 5. The lowest BCUT2D eigenvalue weighted by Crippen LogP contribution is -2.25. The van der Waals surface area contributed by atoms with Crippen molar-refractivity contribution in [3.8, 4) is 11.4 Å². The molecule has 9 heteroatoms. The number of carbonyl (C=O) groups excluding carboxylic acids is 1. The van der Waals surface area contributed by atoms with E-state index in [0.717, 1.165) is 24.8 Å². The number of nitrogens with zero attached hydrogens (tertiary/aromatic N) is 5. The summed E-state index contributed by atoms with van der Waals surface area (Å²) in [5.41, 5.74) is 0.881. The van der Waals surface area contributed by atoms with Crippen LogP contribution in [0, 0.1) is 6.92 Å². The van der Waals surface area contributed by atoms with Crippen molar-refractivity contribution < 1.29 is 9.32 Å². The summed E-state index contributed by atoms with van der Waals surface area (Å²) in [6, 6.07) is 5.48. The number of hydrogen-bond donors (Lipinski definition) is 1. The molecule has 27 heavy (non-hydrogen) atoms. The lowest BCUT2D eigenvalue weighted by Gasteiger charge is -2.14. The van der Waals surface area contributed by atoms with E-state index in [2.05, 4.69) is 32.6 Å². The summed E-state index contributed by atoms with van der Waals surface area (Å²) < 4.78 is 6.90. The van der Waals surface area contributed by atoms with Crippen LogP contribution in [0.1, 0.15) is 31.9 Å². The Kier molecular flexibility index (Phi) is 6.23. The van der Waals surface area contributed by atoms with E-state index in [4.69, 9.17) is 4.52 Å². The van der Waals surface area contributed by atoms with Crippen LogP contribution >= 0.6 is 11.8 Å². The summed E-state index contributed by atoms with van der Waals surface area (Å²) in [6.07, 6.45) is 6.14. The van der Waals surface area contributed by atoms with Crippen LogP contribution in [-0.4, -0.2) is 36.1 Å². The van der Waals surface area contributed by atoms with Gasteiger partial charge < -0.3 is 14.4 Å². The van der Waals surface area contributed by atoms with Crippen LogP contribution in [0.5, 0.6) is 0 Å². The molecule has 3 aromatic rings. The Morgan fingerprint density at radius 2 is 2.26 bits per heavy atom. The highest BCUT2D eigenvalue weighted by molar-refractivity contribution is 8.00. The third-order valence-electron chi connectivity index (χ3n) is 3.99. The quantitative estimate of drug-likeness (QED) is 0.592. The highest BCUT2D eigenvalue weighted by Gasteiger charge is 2.24. The zero-order chi connectivity index (χ0) is 19.2. The van der Waals surface area contributed by atoms with Gasteiger partial charge in [-0.25, -0.2) is 0 Å². The Morgan fingerprint density at radius 3 is 2.93 bits per heavy atom. The molecule has 0 aliphatic rings. The monoisotopic (exact) mass is 386 g/mol. The van der Waals surface area contributed by atoms with Gasteiger partial charge in [0.25, 0.3) is 0 Å². The van der Waals surface area contributed by atoms with Gasteiger partial charge in [0.05, 0.1) is 5.25 Å². The Hall–Kier alpha value is -2.68. The Morgan fingerprint density at radius 1 is 1.41 bits per heavy atom. The summed E-state index contributed by atoms with van der Waals surface area (Å²) in [7, 11) is 1.89. The third kappa shape index (κ3) is 4.73. The molecule has 8 nitrogen and oxygen atoms in total. The highest BCUT2D eigenvalue weighted by atomic mass is 32.2. The van der Waals surface area contributed by atoms with Crippen molar-refractivity contribution >= 4 is 23.5 Å². The van der Waals surface area contributed by atoms with Crippen molar-refractivity contribution in [3.05, 3.63) is 36.4 Å². The lowest BCUT2D eigenvalue weighted by atomic mass is 10.2. The molecule has 0 aliphatic heterocycles. The first kappa shape index (κ1) is 19.1. The van der Waals surface area contributed by atoms with E-state index in [1.54, 1.807) is 25.4 Å². The second-order valence-electron chi connectivity index (χ2n) is 6.17. The average molecular weight is 386 g/mol. The summed E-state index contributed by atoms with van der Waals surface area (Å²) in [5.74, 6) is 1.67. The van der Waals surface area contributed by atoms with Gasteiger partial charge in [0.1, 0.15) is 5.76 Å². The van der Waals surface area contributed by atoms with Crippen LogP contribution in [0.2, 0.25) is 0 Å². The van der Waals surface area contributed by atoms with E-state index >= 15 is 0 Å². The summed E-state index contributed by atoms with van der Waals surface area (Å²) >= 11 is 1.40. The second kappa shape index (κ2) is 8.81. The maximum Gasteiger partial charge on any atom is 0.239 e. The molecule has 0 aromatic carbocycles. The van der Waals surface area contributed by atoms with Crippen LogP contribution in [0.4, 0.5) is 5.82 Å². The molecule has 0 aliphatic carbocycles. The van der Waals surface area contributed by atoms with Crippen LogP contribution in [0.25, 0.3) is 11.4 Å². The molecule has 1 amide bonds. The third-order valence-corrected chi connectivity index (χ3v) is 5.29. The molecule has 3 aromatic heterocycles.